The van der Waals surface area contributed by atoms with E-state index in [0.717, 1.165) is 11.3 Å². The maximum Gasteiger partial charge on any atom is 0.257 e. The molecule has 7 nitrogen and oxygen atoms in total. The highest BCUT2D eigenvalue weighted by molar-refractivity contribution is 9.10. The van der Waals surface area contributed by atoms with Gasteiger partial charge in [-0.3, -0.25) is 9.59 Å². The number of carbonyl (C=O) groups is 1. The molecule has 9 heteroatoms. The predicted molar refractivity (Wildman–Crippen MR) is 109 cm³/mol. The van der Waals surface area contributed by atoms with Crippen molar-refractivity contribution in [1.29, 1.82) is 5.26 Å². The van der Waals surface area contributed by atoms with Crippen LogP contribution in [0.2, 0.25) is 0 Å². The third-order valence-corrected chi connectivity index (χ3v) is 6.42. The van der Waals surface area contributed by atoms with Gasteiger partial charge in [0.15, 0.2) is 6.19 Å². The van der Waals surface area contributed by atoms with E-state index in [0.29, 0.717) is 15.9 Å². The van der Waals surface area contributed by atoms with E-state index in [9.17, 15) is 13.8 Å². The van der Waals surface area contributed by atoms with Gasteiger partial charge in [-0.15, -0.1) is 0 Å². The van der Waals surface area contributed by atoms with Gasteiger partial charge in [0.2, 0.25) is 5.43 Å². The van der Waals surface area contributed by atoms with Crippen molar-refractivity contribution in [3.05, 3.63) is 62.0 Å². The van der Waals surface area contributed by atoms with Crippen molar-refractivity contribution >= 4 is 37.4 Å². The second kappa shape index (κ2) is 8.41. The third-order valence-electron chi connectivity index (χ3n) is 4.03. The summed E-state index contributed by atoms with van der Waals surface area (Å²) in [5, 5.41) is 11.3. The van der Waals surface area contributed by atoms with E-state index >= 15 is 0 Å². The van der Waals surface area contributed by atoms with Crippen molar-refractivity contribution in [1.82, 2.24) is 14.6 Å². The van der Waals surface area contributed by atoms with Crippen molar-refractivity contribution in [3.63, 3.8) is 0 Å². The van der Waals surface area contributed by atoms with E-state index in [2.05, 4.69) is 31.8 Å². The molecule has 1 aromatic carbocycles. The van der Waals surface area contributed by atoms with Gasteiger partial charge < -0.3 is 9.88 Å². The van der Waals surface area contributed by atoms with Crippen LogP contribution in [0.15, 0.2) is 44.6 Å². The summed E-state index contributed by atoms with van der Waals surface area (Å²) in [5.41, 5.74) is 1.22. The normalized spacial score (nSPS) is 12.7. The Morgan fingerprint density at radius 1 is 1.37 bits per heavy atom. The number of hydrogen-bond acceptors (Lipinski definition) is 4. The van der Waals surface area contributed by atoms with Gasteiger partial charge in [0.1, 0.15) is 5.56 Å². The van der Waals surface area contributed by atoms with Crippen molar-refractivity contribution in [2.45, 2.75) is 31.8 Å². The number of halogens is 1. The predicted octanol–water partition coefficient (Wildman–Crippen LogP) is 1.93. The van der Waals surface area contributed by atoms with Gasteiger partial charge in [0.25, 0.3) is 5.91 Å². The molecule has 0 aliphatic heterocycles. The zero-order chi connectivity index (χ0) is 20.2. The van der Waals surface area contributed by atoms with Gasteiger partial charge in [0, 0.05) is 25.0 Å². The zero-order valence-corrected chi connectivity index (χ0v) is 17.3. The van der Waals surface area contributed by atoms with Crippen LogP contribution >= 0.6 is 15.9 Å². The van der Waals surface area contributed by atoms with Gasteiger partial charge in [0.05, 0.1) is 19.1 Å². The van der Waals surface area contributed by atoms with Crippen LogP contribution in [0.25, 0.3) is 0 Å². The van der Waals surface area contributed by atoms with Crippen LogP contribution in [0.3, 0.4) is 0 Å². The van der Waals surface area contributed by atoms with E-state index in [1.54, 1.807) is 43.6 Å². The average Bonchev–Trinajstić information content (AvgIpc) is 2.65. The standard InChI is InChI=1S/C18H19BrN4O3S/c1-4-23-10-15(17(24)16(19)12(23)2)18(25)21-9-13-5-7-14(8-6-13)27(3,26)22-11-20/h5-8,10H,3-4,9H2,1-2H3,(H,21,25)(H,22,26). The minimum Gasteiger partial charge on any atom is -0.350 e. The number of benzene rings is 1. The molecule has 0 saturated heterocycles. The molecule has 0 spiro atoms. The molecule has 1 aromatic heterocycles. The molecule has 2 aromatic rings. The molecule has 0 aliphatic carbocycles. The highest BCUT2D eigenvalue weighted by atomic mass is 79.9. The molecule has 2 rings (SSSR count). The molecule has 27 heavy (non-hydrogen) atoms. The Labute approximate surface area is 166 Å². The number of nitriles is 1. The maximum atomic E-state index is 12.4. The number of amides is 1. The lowest BCUT2D eigenvalue weighted by Crippen LogP contribution is -2.30. The summed E-state index contributed by atoms with van der Waals surface area (Å²) in [4.78, 5) is 25.2. The van der Waals surface area contributed by atoms with E-state index in [4.69, 9.17) is 5.26 Å². The zero-order valence-electron chi connectivity index (χ0n) is 14.9. The molecule has 1 heterocycles. The number of nitrogens with zero attached hydrogens (tertiary/aromatic N) is 2. The first kappa shape index (κ1) is 20.7. The minimum absolute atomic E-state index is 0.0601. The van der Waals surface area contributed by atoms with E-state index < -0.39 is 15.6 Å². The topological polar surface area (TPSA) is 104 Å². The Morgan fingerprint density at radius 3 is 2.56 bits per heavy atom. The van der Waals surface area contributed by atoms with E-state index in [1.807, 2.05) is 11.5 Å². The van der Waals surface area contributed by atoms with Gasteiger partial charge in [-0.05, 0) is 53.3 Å². The van der Waals surface area contributed by atoms with Crippen LogP contribution in [-0.2, 0) is 22.8 Å². The Kier molecular flexibility index (Phi) is 6.46. The Morgan fingerprint density at radius 2 is 2.00 bits per heavy atom. The molecule has 1 amide bonds. The molecule has 1 atom stereocenters. The Hall–Kier alpha value is -2.57. The lowest BCUT2D eigenvalue weighted by atomic mass is 10.2. The number of nitrogens with one attached hydrogen (secondary N) is 2. The second-order valence-corrected chi connectivity index (χ2v) is 8.59. The highest BCUT2D eigenvalue weighted by Crippen LogP contribution is 2.13. The molecule has 0 radical (unpaired) electrons. The first-order valence-electron chi connectivity index (χ1n) is 8.01. The molecular formula is C18H19BrN4O3S. The quantitative estimate of drug-likeness (QED) is 0.398. The van der Waals surface area contributed by atoms with Crippen LogP contribution in [-0.4, -0.2) is 20.6 Å². The highest BCUT2D eigenvalue weighted by Gasteiger charge is 2.16. The maximum absolute atomic E-state index is 12.4. The summed E-state index contributed by atoms with van der Waals surface area (Å²) >= 11 is 3.25. The number of pyridine rings is 1. The summed E-state index contributed by atoms with van der Waals surface area (Å²) < 4.78 is 16.5. The number of aryl methyl sites for hydroxylation is 1. The first-order chi connectivity index (χ1) is 12.7. The first-order valence-corrected chi connectivity index (χ1v) is 10.5. The van der Waals surface area contributed by atoms with Crippen LogP contribution < -0.4 is 15.5 Å². The lowest BCUT2D eigenvalue weighted by molar-refractivity contribution is 0.0949. The van der Waals surface area contributed by atoms with Crippen LogP contribution in [0.1, 0.15) is 28.5 Å². The smallest absolute Gasteiger partial charge is 0.257 e. The molecule has 0 fully saturated rings. The fraction of sp³-hybridized carbons (Fsp3) is 0.222. The number of hydrogen-bond donors (Lipinski definition) is 2. The molecular weight excluding hydrogens is 432 g/mol. The Bertz CT molecular complexity index is 1070. The van der Waals surface area contributed by atoms with Gasteiger partial charge in [-0.2, -0.15) is 5.26 Å². The fourth-order valence-electron chi connectivity index (χ4n) is 2.45. The number of carbonyl (C=O) groups excluding carboxylic acids is 1. The summed E-state index contributed by atoms with van der Waals surface area (Å²) in [6.45, 7) is 4.56. The molecule has 1 unspecified atom stereocenters. The summed E-state index contributed by atoms with van der Waals surface area (Å²) in [6, 6.07) is 6.51. The van der Waals surface area contributed by atoms with Crippen molar-refractivity contribution < 1.29 is 9.00 Å². The van der Waals surface area contributed by atoms with Gasteiger partial charge in [-0.1, -0.05) is 12.1 Å². The monoisotopic (exact) mass is 450 g/mol. The van der Waals surface area contributed by atoms with Crippen molar-refractivity contribution in [3.8, 4) is 6.19 Å². The summed E-state index contributed by atoms with van der Waals surface area (Å²) in [6.07, 6.45) is 3.17. The SMILES string of the molecule is C=S(=O)(NC#N)c1ccc(CNC(=O)c2cn(CC)c(C)c(Br)c2=O)cc1. The van der Waals surface area contributed by atoms with Crippen molar-refractivity contribution in [2.75, 3.05) is 0 Å². The van der Waals surface area contributed by atoms with Gasteiger partial charge >= 0.3 is 0 Å². The second-order valence-electron chi connectivity index (χ2n) is 5.77. The summed E-state index contributed by atoms with van der Waals surface area (Å²) in [7, 11) is -2.87. The van der Waals surface area contributed by atoms with E-state index in [1.165, 1.54) is 0 Å². The molecule has 0 saturated carbocycles. The van der Waals surface area contributed by atoms with Crippen LogP contribution in [0.4, 0.5) is 0 Å². The largest absolute Gasteiger partial charge is 0.350 e. The molecule has 0 aliphatic rings. The lowest BCUT2D eigenvalue weighted by Gasteiger charge is -2.13. The average molecular weight is 451 g/mol. The molecule has 0 bridgehead atoms. The van der Waals surface area contributed by atoms with Gasteiger partial charge in [-0.25, -0.2) is 8.93 Å². The molecule has 2 N–H and O–H groups in total. The number of aromatic nitrogens is 1. The van der Waals surface area contributed by atoms with Crippen LogP contribution in [0.5, 0.6) is 0 Å². The number of rotatable bonds is 6. The fourth-order valence-corrected chi connectivity index (χ4v) is 3.73. The van der Waals surface area contributed by atoms with E-state index in [-0.39, 0.29) is 17.5 Å². The van der Waals surface area contributed by atoms with Crippen LogP contribution in [0, 0.1) is 18.4 Å². The minimum atomic E-state index is -2.87. The third kappa shape index (κ3) is 4.59. The van der Waals surface area contributed by atoms with Crippen molar-refractivity contribution in [2.24, 2.45) is 0 Å². The summed E-state index contributed by atoms with van der Waals surface area (Å²) in [5.74, 6) is 3.02. The molecule has 142 valence electrons. The Balaban J connectivity index is 2.16.